The van der Waals surface area contributed by atoms with Gasteiger partial charge in [0.15, 0.2) is 5.82 Å². The van der Waals surface area contributed by atoms with Crippen LogP contribution in [0.4, 0.5) is 13.2 Å². The molecule has 4 rings (SSSR count). The van der Waals surface area contributed by atoms with Crippen LogP contribution in [0.2, 0.25) is 5.15 Å². The zero-order valence-electron chi connectivity index (χ0n) is 23.9. The first kappa shape index (κ1) is 32.2. The fourth-order valence-corrected chi connectivity index (χ4v) is 5.82. The number of halogens is 4. The maximum Gasteiger partial charge on any atom is 0.394 e. The molecular weight excluding hydrogens is 591 g/mol. The number of aromatic nitrogens is 3. The van der Waals surface area contributed by atoms with Crippen LogP contribution in [0.1, 0.15) is 69.7 Å². The fraction of sp³-hybridized carbons (Fsp3) is 0.571. The number of pyridine rings is 1. The van der Waals surface area contributed by atoms with Crippen molar-refractivity contribution < 1.29 is 22.7 Å². The average Bonchev–Trinajstić information content (AvgIpc) is 3.45. The van der Waals surface area contributed by atoms with Crippen molar-refractivity contribution in [2.24, 2.45) is 22.1 Å². The first-order chi connectivity index (χ1) is 19.8. The monoisotopic (exact) mass is 627 g/mol. The van der Waals surface area contributed by atoms with Crippen LogP contribution in [-0.4, -0.2) is 57.8 Å². The Labute approximate surface area is 253 Å². The maximum absolute atomic E-state index is 13.1. The van der Waals surface area contributed by atoms with E-state index >= 15 is 0 Å². The third-order valence-electron chi connectivity index (χ3n) is 7.71. The second-order valence-electron chi connectivity index (χ2n) is 11.5. The molecule has 1 amide bonds. The Morgan fingerprint density at radius 1 is 1.36 bits per heavy atom. The van der Waals surface area contributed by atoms with Gasteiger partial charge in [-0.3, -0.25) is 14.5 Å². The van der Waals surface area contributed by atoms with Crippen molar-refractivity contribution in [3.05, 3.63) is 46.2 Å². The highest BCUT2D eigenvalue weighted by Gasteiger charge is 2.62. The van der Waals surface area contributed by atoms with Crippen molar-refractivity contribution >= 4 is 35.2 Å². The highest BCUT2D eigenvalue weighted by atomic mass is 35.5. The lowest BCUT2D eigenvalue weighted by Gasteiger charge is -2.18. The second-order valence-corrected chi connectivity index (χ2v) is 12.7. The summed E-state index contributed by atoms with van der Waals surface area (Å²) in [5, 5.41) is 7.69. The van der Waals surface area contributed by atoms with Crippen molar-refractivity contribution in [3.8, 4) is 11.7 Å². The van der Waals surface area contributed by atoms with Gasteiger partial charge in [0.25, 0.3) is 5.91 Å². The molecule has 0 spiro atoms. The van der Waals surface area contributed by atoms with E-state index in [0.29, 0.717) is 23.2 Å². The molecule has 1 atom stereocenters. The molecule has 1 saturated heterocycles. The molecule has 2 aromatic rings. The van der Waals surface area contributed by atoms with Gasteiger partial charge in [-0.2, -0.15) is 13.2 Å². The van der Waals surface area contributed by atoms with Crippen LogP contribution in [0, 0.1) is 11.3 Å². The summed E-state index contributed by atoms with van der Waals surface area (Å²) < 4.78 is 48.8. The van der Waals surface area contributed by atoms with Crippen LogP contribution in [-0.2, 0) is 0 Å². The van der Waals surface area contributed by atoms with Gasteiger partial charge in [-0.25, -0.2) is 9.67 Å². The van der Waals surface area contributed by atoms with E-state index in [4.69, 9.17) is 22.1 Å². The minimum atomic E-state index is -4.22. The third-order valence-corrected chi connectivity index (χ3v) is 8.94. The Bertz CT molecular complexity index is 1320. The molecule has 1 aliphatic carbocycles. The number of allylic oxidation sites excluding steroid dienone is 1. The van der Waals surface area contributed by atoms with Crippen LogP contribution in [0.25, 0.3) is 5.82 Å². The number of carbonyl (C=O) groups is 1. The van der Waals surface area contributed by atoms with Gasteiger partial charge in [0.2, 0.25) is 5.88 Å². The first-order valence-corrected chi connectivity index (χ1v) is 15.1. The van der Waals surface area contributed by atoms with Gasteiger partial charge in [0.05, 0.1) is 22.5 Å². The molecule has 4 N–H and O–H groups in total. The molecule has 2 aromatic heterocycles. The predicted molar refractivity (Wildman–Crippen MR) is 159 cm³/mol. The van der Waals surface area contributed by atoms with Gasteiger partial charge in [-0.05, 0) is 95.8 Å². The normalized spacial score (nSPS) is 20.0. The van der Waals surface area contributed by atoms with Crippen molar-refractivity contribution in [3.63, 3.8) is 0 Å². The molecule has 14 heteroatoms. The topological polar surface area (TPSA) is 119 Å². The summed E-state index contributed by atoms with van der Waals surface area (Å²) in [5.41, 5.74) is 5.25. The van der Waals surface area contributed by atoms with Gasteiger partial charge in [0.1, 0.15) is 5.15 Å². The van der Waals surface area contributed by atoms with Crippen LogP contribution in [0.5, 0.6) is 5.88 Å². The van der Waals surface area contributed by atoms with Crippen LogP contribution in [0.3, 0.4) is 0 Å². The zero-order chi connectivity index (χ0) is 30.5. The number of nitrogens with two attached hydrogens (primary N) is 1. The number of rotatable bonds is 13. The lowest BCUT2D eigenvalue weighted by Crippen LogP contribution is -2.31. The lowest BCUT2D eigenvalue weighted by atomic mass is 9.94. The molecule has 0 bridgehead atoms. The molecule has 1 saturated carbocycles. The van der Waals surface area contributed by atoms with Gasteiger partial charge in [-0.15, -0.1) is 5.10 Å². The van der Waals surface area contributed by atoms with Gasteiger partial charge in [0, 0.05) is 36.3 Å². The molecular formula is C28H37ClF3N7O2S. The van der Waals surface area contributed by atoms with Crippen molar-refractivity contribution in [1.82, 2.24) is 24.8 Å². The van der Waals surface area contributed by atoms with E-state index in [1.807, 2.05) is 6.92 Å². The Morgan fingerprint density at radius 2 is 2.12 bits per heavy atom. The quantitative estimate of drug-likeness (QED) is 0.110. The number of nitrogens with zero attached hydrogens (tertiary/aromatic N) is 4. The highest BCUT2D eigenvalue weighted by Crippen LogP contribution is 2.59. The number of nitrogens with one attached hydrogen (secondary N) is 2. The summed E-state index contributed by atoms with van der Waals surface area (Å²) in [7, 11) is 0. The van der Waals surface area contributed by atoms with E-state index in [9.17, 15) is 18.0 Å². The summed E-state index contributed by atoms with van der Waals surface area (Å²) in [4.78, 5) is 22.3. The Morgan fingerprint density at radius 3 is 2.74 bits per heavy atom. The van der Waals surface area contributed by atoms with Gasteiger partial charge < -0.3 is 15.8 Å². The summed E-state index contributed by atoms with van der Waals surface area (Å²) in [6, 6.07) is 4.59. The zero-order valence-corrected chi connectivity index (χ0v) is 25.5. The number of alkyl halides is 3. The van der Waals surface area contributed by atoms with Crippen LogP contribution < -0.4 is 20.5 Å². The Kier molecular flexibility index (Phi) is 10.1. The maximum atomic E-state index is 13.1. The largest absolute Gasteiger partial charge is 0.477 e. The van der Waals surface area contributed by atoms with Crippen molar-refractivity contribution in [2.45, 2.75) is 71.0 Å². The number of hydrogen-bond acceptors (Lipinski definition) is 8. The third kappa shape index (κ3) is 8.19. The second kappa shape index (κ2) is 13.3. The highest BCUT2D eigenvalue weighted by molar-refractivity contribution is 8.02. The van der Waals surface area contributed by atoms with Gasteiger partial charge in [-0.1, -0.05) is 11.6 Å². The summed E-state index contributed by atoms with van der Waals surface area (Å²) in [6.45, 7) is 7.92. The molecule has 1 aliphatic heterocycles. The minimum Gasteiger partial charge on any atom is -0.477 e. The van der Waals surface area contributed by atoms with Gasteiger partial charge >= 0.3 is 6.18 Å². The molecule has 0 radical (unpaired) electrons. The molecule has 2 aliphatic rings. The van der Waals surface area contributed by atoms with E-state index in [1.54, 1.807) is 12.3 Å². The molecule has 42 heavy (non-hydrogen) atoms. The molecule has 9 nitrogen and oxygen atoms in total. The van der Waals surface area contributed by atoms with E-state index in [-0.39, 0.29) is 48.0 Å². The number of amides is 1. The SMILES string of the molecule is CC(=NCCCC1CNC(C)(C)C1)/C(=C\N)SNC(=O)c1ccc(-n2ccc(OCCC3(C(F)(F)F)CC3)n2)nc1Cl. The smallest absolute Gasteiger partial charge is 0.394 e. The van der Waals surface area contributed by atoms with Crippen LogP contribution >= 0.6 is 23.5 Å². The molecule has 230 valence electrons. The van der Waals surface area contributed by atoms with Crippen molar-refractivity contribution in [1.29, 1.82) is 0 Å². The molecule has 1 unspecified atom stereocenters. The number of aliphatic imine (C=N–C) groups is 1. The summed E-state index contributed by atoms with van der Waals surface area (Å²) in [6.07, 6.45) is 2.12. The van der Waals surface area contributed by atoms with Crippen molar-refractivity contribution in [2.75, 3.05) is 19.7 Å². The van der Waals surface area contributed by atoms with E-state index in [1.165, 1.54) is 23.0 Å². The summed E-state index contributed by atoms with van der Waals surface area (Å²) in [5.74, 6) is 0.682. The first-order valence-electron chi connectivity index (χ1n) is 13.9. The lowest BCUT2D eigenvalue weighted by molar-refractivity contribution is -0.190. The predicted octanol–water partition coefficient (Wildman–Crippen LogP) is 5.84. The summed E-state index contributed by atoms with van der Waals surface area (Å²) >= 11 is 7.35. The Hall–Kier alpha value is -2.77. The van der Waals surface area contributed by atoms with E-state index < -0.39 is 17.5 Å². The fourth-order valence-electron chi connectivity index (χ4n) is 4.99. The minimum absolute atomic E-state index is 0.0438. The number of carbonyl (C=O) groups excluding carboxylic acids is 1. The molecule has 2 fully saturated rings. The van der Waals surface area contributed by atoms with Crippen LogP contribution in [0.15, 0.2) is 40.5 Å². The average molecular weight is 628 g/mol. The molecule has 0 aromatic carbocycles. The van der Waals surface area contributed by atoms with E-state index in [2.05, 4.69) is 39.0 Å². The molecule has 3 heterocycles. The Balaban J connectivity index is 1.24. The number of hydrogen-bond donors (Lipinski definition) is 3. The van der Waals surface area contributed by atoms with E-state index in [0.717, 1.165) is 43.5 Å². The number of ether oxygens (including phenoxy) is 1. The standard InChI is InChI=1S/C28H37ClF3N7O2S/c1-18(34-12-4-5-19-15-26(2,3)35-17-19)21(16-33)42-38-25(40)20-6-7-22(36-24(20)29)39-13-8-23(37-39)41-14-11-27(9-10-27)28(30,31)32/h6-8,13,16,19,35H,4-5,9-12,14-15,17,33H2,1-3H3,(H,38,40)/b21-16+,34-18?.